The van der Waals surface area contributed by atoms with Gasteiger partial charge in [0.15, 0.2) is 11.8 Å². The van der Waals surface area contributed by atoms with Crippen molar-refractivity contribution in [1.82, 2.24) is 4.90 Å². The summed E-state index contributed by atoms with van der Waals surface area (Å²) in [7, 11) is 6.00. The van der Waals surface area contributed by atoms with Gasteiger partial charge in [0.25, 0.3) is 5.91 Å². The van der Waals surface area contributed by atoms with Crippen molar-refractivity contribution in [3.63, 3.8) is 0 Å². The molecule has 1 aliphatic rings. The van der Waals surface area contributed by atoms with Gasteiger partial charge in [0.05, 0.1) is 27.2 Å². The quantitative estimate of drug-likeness (QED) is 0.664. The first-order chi connectivity index (χ1) is 7.25. The third-order valence-corrected chi connectivity index (χ3v) is 3.52. The summed E-state index contributed by atoms with van der Waals surface area (Å²) in [6.45, 7) is 4.23. The predicted molar refractivity (Wildman–Crippen MR) is 62.9 cm³/mol. The second kappa shape index (κ2) is 4.53. The van der Waals surface area contributed by atoms with Crippen molar-refractivity contribution in [3.05, 3.63) is 0 Å². The molecule has 0 bridgehead atoms. The van der Waals surface area contributed by atoms with Crippen LogP contribution >= 0.6 is 0 Å². The van der Waals surface area contributed by atoms with Gasteiger partial charge in [0.1, 0.15) is 0 Å². The molecule has 1 fully saturated rings. The van der Waals surface area contributed by atoms with Crippen LogP contribution in [-0.2, 0) is 9.59 Å². The Morgan fingerprint density at radius 3 is 2.31 bits per heavy atom. The molecule has 16 heavy (non-hydrogen) atoms. The van der Waals surface area contributed by atoms with Crippen LogP contribution in [0.2, 0.25) is 0 Å². The van der Waals surface area contributed by atoms with Crippen molar-refractivity contribution in [2.45, 2.75) is 38.8 Å². The number of carbonyl (C=O) groups is 2. The fourth-order valence-electron chi connectivity index (χ4n) is 2.02. The molecule has 1 rings (SSSR count). The number of rotatable bonds is 3. The molecule has 0 aromatic heterocycles. The van der Waals surface area contributed by atoms with Crippen molar-refractivity contribution >= 4 is 11.7 Å². The maximum absolute atomic E-state index is 12.3. The number of hydrogen-bond acceptors (Lipinski definition) is 2. The highest BCUT2D eigenvalue weighted by molar-refractivity contribution is 5.89. The third-order valence-electron chi connectivity index (χ3n) is 3.52. The number of likely N-dealkylation sites (tertiary alicyclic amines) is 1. The molecule has 0 spiro atoms. The van der Waals surface area contributed by atoms with Gasteiger partial charge in [0.2, 0.25) is 0 Å². The molecular weight excluding hydrogens is 204 g/mol. The van der Waals surface area contributed by atoms with Gasteiger partial charge in [-0.05, 0) is 26.7 Å². The average molecular weight is 227 g/mol. The number of carbonyl (C=O) groups excluding carboxylic acids is 2. The van der Waals surface area contributed by atoms with Crippen molar-refractivity contribution in [3.8, 4) is 0 Å². The van der Waals surface area contributed by atoms with E-state index in [-0.39, 0.29) is 23.8 Å². The van der Waals surface area contributed by atoms with E-state index in [1.165, 1.54) is 0 Å². The monoisotopic (exact) mass is 227 g/mol. The standard InChI is InChI=1S/C12H23N2O2/c1-9(14(3,4)5)12(16)13-8-6-7-11(13)10(2)15/h9,11H,6-8H2,1-5H3/q+1/t9-,11?/m0/s1. The summed E-state index contributed by atoms with van der Waals surface area (Å²) in [6.07, 6.45) is 1.77. The Balaban J connectivity index is 2.77. The molecule has 4 nitrogen and oxygen atoms in total. The summed E-state index contributed by atoms with van der Waals surface area (Å²) in [5.41, 5.74) is 0. The minimum atomic E-state index is -0.179. The van der Waals surface area contributed by atoms with Crippen LogP contribution < -0.4 is 0 Å². The molecule has 0 saturated carbocycles. The Kier molecular flexibility index (Phi) is 3.73. The Morgan fingerprint density at radius 2 is 1.88 bits per heavy atom. The molecule has 0 aliphatic carbocycles. The Labute approximate surface area is 97.8 Å². The molecule has 1 saturated heterocycles. The van der Waals surface area contributed by atoms with Gasteiger partial charge >= 0.3 is 0 Å². The maximum atomic E-state index is 12.3. The summed E-state index contributed by atoms with van der Waals surface area (Å²) in [6, 6.07) is -0.276. The number of ketones is 1. The van der Waals surface area contributed by atoms with E-state index in [0.717, 1.165) is 19.4 Å². The van der Waals surface area contributed by atoms with Crippen molar-refractivity contribution < 1.29 is 14.1 Å². The predicted octanol–water partition coefficient (Wildman–Crippen LogP) is 0.661. The maximum Gasteiger partial charge on any atom is 0.281 e. The first-order valence-electron chi connectivity index (χ1n) is 5.87. The van der Waals surface area contributed by atoms with Crippen LogP contribution in [0.1, 0.15) is 26.7 Å². The molecule has 1 heterocycles. The van der Waals surface area contributed by atoms with E-state index in [1.54, 1.807) is 11.8 Å². The normalized spacial score (nSPS) is 23.3. The van der Waals surface area contributed by atoms with Crippen LogP contribution in [0.15, 0.2) is 0 Å². The zero-order chi connectivity index (χ0) is 12.5. The molecule has 4 heteroatoms. The van der Waals surface area contributed by atoms with Gasteiger partial charge in [0, 0.05) is 6.54 Å². The lowest BCUT2D eigenvalue weighted by Gasteiger charge is -2.34. The smallest absolute Gasteiger partial charge is 0.281 e. The number of quaternary nitrogens is 1. The van der Waals surface area contributed by atoms with E-state index < -0.39 is 0 Å². The van der Waals surface area contributed by atoms with E-state index in [1.807, 2.05) is 28.1 Å². The first-order valence-corrected chi connectivity index (χ1v) is 5.87. The SMILES string of the molecule is CC(=O)C1CCCN1C(=O)[C@H](C)[N+](C)(C)C. The molecule has 1 amide bonds. The highest BCUT2D eigenvalue weighted by Gasteiger charge is 2.38. The minimum absolute atomic E-state index is 0.0973. The molecule has 92 valence electrons. The summed E-state index contributed by atoms with van der Waals surface area (Å²) in [5, 5.41) is 0. The van der Waals surface area contributed by atoms with Gasteiger partial charge < -0.3 is 9.38 Å². The van der Waals surface area contributed by atoms with E-state index in [0.29, 0.717) is 4.48 Å². The minimum Gasteiger partial charge on any atom is -0.328 e. The Morgan fingerprint density at radius 1 is 1.31 bits per heavy atom. The van der Waals surface area contributed by atoms with Crippen LogP contribution in [0.5, 0.6) is 0 Å². The molecule has 1 unspecified atom stereocenters. The van der Waals surface area contributed by atoms with E-state index >= 15 is 0 Å². The van der Waals surface area contributed by atoms with Crippen LogP contribution in [0.4, 0.5) is 0 Å². The highest BCUT2D eigenvalue weighted by atomic mass is 16.2. The highest BCUT2D eigenvalue weighted by Crippen LogP contribution is 2.20. The van der Waals surface area contributed by atoms with Gasteiger partial charge in [-0.1, -0.05) is 0 Å². The molecule has 0 aromatic rings. The van der Waals surface area contributed by atoms with Gasteiger partial charge in [-0.15, -0.1) is 0 Å². The topological polar surface area (TPSA) is 37.4 Å². The summed E-state index contributed by atoms with van der Waals surface area (Å²) < 4.78 is 0.597. The Bertz CT molecular complexity index is 294. The molecular formula is C12H23N2O2+. The third kappa shape index (κ3) is 2.61. The fraction of sp³-hybridized carbons (Fsp3) is 0.833. The zero-order valence-electron chi connectivity index (χ0n) is 11.0. The van der Waals surface area contributed by atoms with Gasteiger partial charge in [-0.25, -0.2) is 0 Å². The van der Waals surface area contributed by atoms with Gasteiger partial charge in [-0.2, -0.15) is 0 Å². The average Bonchev–Trinajstić information content (AvgIpc) is 2.62. The lowest BCUT2D eigenvalue weighted by Crippen LogP contribution is -2.55. The Hall–Kier alpha value is -0.900. The molecule has 0 radical (unpaired) electrons. The lowest BCUT2D eigenvalue weighted by molar-refractivity contribution is -0.884. The first kappa shape index (κ1) is 13.2. The van der Waals surface area contributed by atoms with E-state index in [9.17, 15) is 9.59 Å². The summed E-state index contributed by atoms with van der Waals surface area (Å²) >= 11 is 0. The fourth-order valence-corrected chi connectivity index (χ4v) is 2.02. The molecule has 0 aromatic carbocycles. The van der Waals surface area contributed by atoms with Gasteiger partial charge in [-0.3, -0.25) is 9.59 Å². The molecule has 2 atom stereocenters. The zero-order valence-corrected chi connectivity index (χ0v) is 11.0. The summed E-state index contributed by atoms with van der Waals surface area (Å²) in [5.74, 6) is 0.213. The number of hydrogen-bond donors (Lipinski definition) is 0. The lowest BCUT2D eigenvalue weighted by atomic mass is 10.1. The van der Waals surface area contributed by atoms with E-state index in [2.05, 4.69) is 0 Å². The number of nitrogens with zero attached hydrogens (tertiary/aromatic N) is 2. The van der Waals surface area contributed by atoms with Crippen LogP contribution in [0, 0.1) is 0 Å². The summed E-state index contributed by atoms with van der Waals surface area (Å²) in [4.78, 5) is 25.5. The van der Waals surface area contributed by atoms with Crippen molar-refractivity contribution in [2.24, 2.45) is 0 Å². The largest absolute Gasteiger partial charge is 0.328 e. The van der Waals surface area contributed by atoms with Crippen molar-refractivity contribution in [1.29, 1.82) is 0 Å². The van der Waals surface area contributed by atoms with Crippen molar-refractivity contribution in [2.75, 3.05) is 27.7 Å². The number of Topliss-reactive ketones (excluding diaryl/α,β-unsaturated/α-hetero) is 1. The van der Waals surface area contributed by atoms with Crippen LogP contribution in [-0.4, -0.2) is 60.8 Å². The molecule has 1 aliphatic heterocycles. The van der Waals surface area contributed by atoms with E-state index in [4.69, 9.17) is 0 Å². The second-order valence-electron chi connectivity index (χ2n) is 5.59. The van der Waals surface area contributed by atoms with Crippen LogP contribution in [0.25, 0.3) is 0 Å². The van der Waals surface area contributed by atoms with Crippen LogP contribution in [0.3, 0.4) is 0 Å². The molecule has 0 N–H and O–H groups in total. The second-order valence-corrected chi connectivity index (χ2v) is 5.59. The number of likely N-dealkylation sites (N-methyl/N-ethyl adjacent to an activating group) is 1. The number of amides is 1.